The van der Waals surface area contributed by atoms with Gasteiger partial charge in [-0.05, 0) is 69.3 Å². The van der Waals surface area contributed by atoms with Crippen molar-refractivity contribution in [3.05, 3.63) is 57.8 Å². The fourth-order valence-corrected chi connectivity index (χ4v) is 4.29. The number of thioether (sulfide) groups is 1. The minimum Gasteiger partial charge on any atom is -0.465 e. The lowest BCUT2D eigenvalue weighted by atomic mass is 10.1. The molecule has 9 heteroatoms. The molecule has 0 spiro atoms. The number of hydrogen-bond acceptors (Lipinski definition) is 7. The largest absolute Gasteiger partial charge is 0.465 e. The van der Waals surface area contributed by atoms with Crippen molar-refractivity contribution in [3.8, 4) is 5.69 Å². The first-order valence-electron chi connectivity index (χ1n) is 9.95. The summed E-state index contributed by atoms with van der Waals surface area (Å²) in [6.07, 6.45) is 1.29. The van der Waals surface area contributed by atoms with Gasteiger partial charge in [-0.1, -0.05) is 12.1 Å². The Hall–Kier alpha value is -3.33. The van der Waals surface area contributed by atoms with Gasteiger partial charge in [-0.2, -0.15) is 0 Å². The summed E-state index contributed by atoms with van der Waals surface area (Å²) in [5.74, 6) is -1.63. The van der Waals surface area contributed by atoms with E-state index in [0.29, 0.717) is 11.3 Å². The van der Waals surface area contributed by atoms with Crippen LogP contribution in [0.2, 0.25) is 0 Å². The van der Waals surface area contributed by atoms with Crippen molar-refractivity contribution in [1.29, 1.82) is 0 Å². The second-order valence-corrected chi connectivity index (χ2v) is 8.47. The first-order valence-corrected chi connectivity index (χ1v) is 10.8. The van der Waals surface area contributed by atoms with Crippen molar-refractivity contribution in [2.45, 2.75) is 33.8 Å². The summed E-state index contributed by atoms with van der Waals surface area (Å²) in [6.45, 7) is 6.70. The summed E-state index contributed by atoms with van der Waals surface area (Å²) < 4.78 is 11.8. The van der Waals surface area contributed by atoms with Crippen molar-refractivity contribution in [3.63, 3.8) is 0 Å². The van der Waals surface area contributed by atoms with E-state index < -0.39 is 29.6 Å². The highest BCUT2D eigenvalue weighted by Crippen LogP contribution is 2.34. The molecule has 0 saturated carbocycles. The zero-order valence-corrected chi connectivity index (χ0v) is 19.3. The van der Waals surface area contributed by atoms with Crippen LogP contribution < -0.4 is 0 Å². The Morgan fingerprint density at radius 3 is 2.50 bits per heavy atom. The Kier molecular flexibility index (Phi) is 6.88. The number of aryl methyl sites for hydroxylation is 1. The van der Waals surface area contributed by atoms with Crippen LogP contribution in [0.4, 0.5) is 4.79 Å². The summed E-state index contributed by atoms with van der Waals surface area (Å²) in [4.78, 5) is 50.2. The van der Waals surface area contributed by atoms with E-state index in [9.17, 15) is 19.2 Å². The first-order chi connectivity index (χ1) is 15.1. The SMILES string of the molecule is COC(=O)c1ccccc1-n1c(C)cc(/C=C2/SC(=O)N(CC(=O)OC(C)C)C2=O)c1C. The number of benzene rings is 1. The maximum atomic E-state index is 12.7. The number of hydrogen-bond donors (Lipinski definition) is 0. The number of carbonyl (C=O) groups excluding carboxylic acids is 4. The number of nitrogens with zero attached hydrogens (tertiary/aromatic N) is 2. The van der Waals surface area contributed by atoms with Gasteiger partial charge in [0.15, 0.2) is 0 Å². The molecule has 1 aromatic carbocycles. The van der Waals surface area contributed by atoms with Gasteiger partial charge in [-0.3, -0.25) is 19.3 Å². The fourth-order valence-electron chi connectivity index (χ4n) is 3.46. The zero-order chi connectivity index (χ0) is 23.6. The van der Waals surface area contributed by atoms with Gasteiger partial charge in [0.1, 0.15) is 6.54 Å². The Morgan fingerprint density at radius 2 is 1.84 bits per heavy atom. The van der Waals surface area contributed by atoms with Gasteiger partial charge in [0.2, 0.25) is 0 Å². The molecule has 3 rings (SSSR count). The van der Waals surface area contributed by atoms with E-state index >= 15 is 0 Å². The smallest absolute Gasteiger partial charge is 0.339 e. The number of amides is 2. The molecule has 1 fully saturated rings. The molecule has 1 saturated heterocycles. The van der Waals surface area contributed by atoms with E-state index in [1.807, 2.05) is 36.6 Å². The lowest BCUT2D eigenvalue weighted by Crippen LogP contribution is -2.35. The highest BCUT2D eigenvalue weighted by Gasteiger charge is 2.37. The van der Waals surface area contributed by atoms with Crippen LogP contribution in [0.5, 0.6) is 0 Å². The maximum absolute atomic E-state index is 12.7. The average Bonchev–Trinajstić information content (AvgIpc) is 3.16. The molecule has 2 amide bonds. The first kappa shape index (κ1) is 23.3. The number of imide groups is 1. The molecule has 0 unspecified atom stereocenters. The predicted octanol–water partition coefficient (Wildman–Crippen LogP) is 3.87. The van der Waals surface area contributed by atoms with E-state index in [1.54, 1.807) is 32.1 Å². The van der Waals surface area contributed by atoms with Crippen molar-refractivity contribution in [2.75, 3.05) is 13.7 Å². The second-order valence-electron chi connectivity index (χ2n) is 7.48. The Bertz CT molecular complexity index is 1130. The number of esters is 2. The number of aromatic nitrogens is 1. The maximum Gasteiger partial charge on any atom is 0.339 e. The molecule has 8 nitrogen and oxygen atoms in total. The van der Waals surface area contributed by atoms with Crippen molar-refractivity contribution in [1.82, 2.24) is 9.47 Å². The number of rotatable bonds is 6. The summed E-state index contributed by atoms with van der Waals surface area (Å²) >= 11 is 0.776. The van der Waals surface area contributed by atoms with Crippen molar-refractivity contribution >= 4 is 40.9 Å². The average molecular weight is 457 g/mol. The van der Waals surface area contributed by atoms with Crippen LogP contribution in [0.3, 0.4) is 0 Å². The molecule has 1 aliphatic heterocycles. The lowest BCUT2D eigenvalue weighted by Gasteiger charge is -2.14. The molecule has 32 heavy (non-hydrogen) atoms. The van der Waals surface area contributed by atoms with E-state index in [1.165, 1.54) is 7.11 Å². The van der Waals surface area contributed by atoms with Gasteiger partial charge in [0.25, 0.3) is 11.1 Å². The minimum atomic E-state index is -0.638. The summed E-state index contributed by atoms with van der Waals surface area (Å²) in [7, 11) is 1.33. The Labute approximate surface area is 190 Å². The molecule has 0 aliphatic carbocycles. The zero-order valence-electron chi connectivity index (χ0n) is 18.5. The van der Waals surface area contributed by atoms with Crippen LogP contribution in [0.1, 0.15) is 41.2 Å². The van der Waals surface area contributed by atoms with E-state index in [4.69, 9.17) is 9.47 Å². The van der Waals surface area contributed by atoms with Crippen LogP contribution >= 0.6 is 11.8 Å². The minimum absolute atomic E-state index is 0.217. The number of carbonyl (C=O) groups is 4. The lowest BCUT2D eigenvalue weighted by molar-refractivity contribution is -0.149. The Morgan fingerprint density at radius 1 is 1.16 bits per heavy atom. The number of methoxy groups -OCH3 is 1. The molecule has 2 heterocycles. The summed E-state index contributed by atoms with van der Waals surface area (Å²) in [6, 6.07) is 8.93. The van der Waals surface area contributed by atoms with Crippen LogP contribution in [0.25, 0.3) is 11.8 Å². The second kappa shape index (κ2) is 9.44. The highest BCUT2D eigenvalue weighted by atomic mass is 32.2. The third-order valence-corrected chi connectivity index (χ3v) is 5.74. The predicted molar refractivity (Wildman–Crippen MR) is 120 cm³/mol. The summed E-state index contributed by atoms with van der Waals surface area (Å²) in [5, 5.41) is -0.521. The molecule has 0 N–H and O–H groups in total. The number of ether oxygens (including phenoxy) is 2. The molecule has 2 aromatic rings. The van der Waals surface area contributed by atoms with Gasteiger partial charge >= 0.3 is 11.9 Å². The van der Waals surface area contributed by atoms with Crippen LogP contribution in [0.15, 0.2) is 35.2 Å². The van der Waals surface area contributed by atoms with E-state index in [2.05, 4.69) is 0 Å². The molecule has 1 aliphatic rings. The number of para-hydroxylation sites is 1. The Balaban J connectivity index is 1.94. The fraction of sp³-hybridized carbons (Fsp3) is 0.304. The third-order valence-electron chi connectivity index (χ3n) is 4.84. The highest BCUT2D eigenvalue weighted by molar-refractivity contribution is 8.18. The van der Waals surface area contributed by atoms with Crippen molar-refractivity contribution < 1.29 is 28.7 Å². The van der Waals surface area contributed by atoms with Gasteiger partial charge in [0.05, 0.1) is 29.4 Å². The van der Waals surface area contributed by atoms with Crippen LogP contribution in [0, 0.1) is 13.8 Å². The van der Waals surface area contributed by atoms with Crippen molar-refractivity contribution in [2.24, 2.45) is 0 Å². The topological polar surface area (TPSA) is 94.9 Å². The van der Waals surface area contributed by atoms with Gasteiger partial charge < -0.3 is 14.0 Å². The van der Waals surface area contributed by atoms with Gasteiger partial charge in [0, 0.05) is 11.4 Å². The van der Waals surface area contributed by atoms with E-state index in [0.717, 1.165) is 33.6 Å². The molecular formula is C23H24N2O6S. The molecule has 1 aromatic heterocycles. The molecular weight excluding hydrogens is 432 g/mol. The van der Waals surface area contributed by atoms with Gasteiger partial charge in [-0.25, -0.2) is 4.79 Å². The molecule has 0 radical (unpaired) electrons. The summed E-state index contributed by atoms with van der Waals surface area (Å²) in [5.41, 5.74) is 3.40. The quantitative estimate of drug-likeness (QED) is 0.481. The molecule has 168 valence electrons. The third kappa shape index (κ3) is 4.62. The molecule has 0 bridgehead atoms. The molecule has 0 atom stereocenters. The standard InChI is InChI=1S/C23H24N2O6S/c1-13(2)31-20(26)12-24-21(27)19(32-23(24)29)11-16-10-14(3)25(15(16)4)18-9-7-6-8-17(18)22(28)30-5/h6-11,13H,12H2,1-5H3/b19-11+. The van der Waals surface area contributed by atoms with E-state index in [-0.39, 0.29) is 11.0 Å². The van der Waals surface area contributed by atoms with Crippen LogP contribution in [-0.2, 0) is 19.1 Å². The monoisotopic (exact) mass is 456 g/mol. The van der Waals surface area contributed by atoms with Gasteiger partial charge in [-0.15, -0.1) is 0 Å². The van der Waals surface area contributed by atoms with Crippen LogP contribution in [-0.4, -0.2) is 52.3 Å². The normalized spacial score (nSPS) is 15.1.